The third-order valence-electron chi connectivity index (χ3n) is 9.18. The van der Waals surface area contributed by atoms with Gasteiger partial charge in [0, 0.05) is 25.3 Å². The minimum absolute atomic E-state index is 0.159. The first kappa shape index (κ1) is 27.4. The number of benzene rings is 2. The molecule has 214 valence electrons. The number of rotatable bonds is 6. The Morgan fingerprint density at radius 3 is 2.37 bits per heavy atom. The van der Waals surface area contributed by atoms with E-state index in [9.17, 15) is 19.5 Å². The number of carbonyl (C=O) groups excluding carboxylic acids is 3. The summed E-state index contributed by atoms with van der Waals surface area (Å²) in [7, 11) is 0. The maximum atomic E-state index is 14.6. The van der Waals surface area contributed by atoms with Crippen molar-refractivity contribution >= 4 is 23.4 Å². The van der Waals surface area contributed by atoms with Crippen LogP contribution in [0.5, 0.6) is 0 Å². The molecule has 4 aliphatic rings. The number of aryl methyl sites for hydroxylation is 2. The van der Waals surface area contributed by atoms with Gasteiger partial charge in [-0.05, 0) is 37.0 Å². The van der Waals surface area contributed by atoms with Crippen LogP contribution in [0.1, 0.15) is 30.0 Å². The number of para-hydroxylation sites is 1. The van der Waals surface area contributed by atoms with Gasteiger partial charge in [0.15, 0.2) is 0 Å². The van der Waals surface area contributed by atoms with Crippen LogP contribution >= 0.6 is 0 Å². The average molecular weight is 556 g/mol. The lowest BCUT2D eigenvalue weighted by atomic mass is 9.77. The second-order valence-electron chi connectivity index (χ2n) is 11.6. The van der Waals surface area contributed by atoms with Crippen LogP contribution in [0, 0.1) is 25.7 Å². The molecule has 2 fully saturated rings. The lowest BCUT2D eigenvalue weighted by molar-refractivity contribution is -0.147. The van der Waals surface area contributed by atoms with E-state index < -0.39 is 35.6 Å². The van der Waals surface area contributed by atoms with Crippen LogP contribution in [0.25, 0.3) is 0 Å². The molecule has 4 aliphatic heterocycles. The van der Waals surface area contributed by atoms with Gasteiger partial charge in [-0.1, -0.05) is 79.8 Å². The summed E-state index contributed by atoms with van der Waals surface area (Å²) < 4.78 is 6.75. The van der Waals surface area contributed by atoms with Gasteiger partial charge in [0.2, 0.25) is 11.8 Å². The van der Waals surface area contributed by atoms with Crippen molar-refractivity contribution in [3.8, 4) is 0 Å². The zero-order valence-corrected chi connectivity index (χ0v) is 23.8. The van der Waals surface area contributed by atoms with E-state index in [0.29, 0.717) is 26.1 Å². The van der Waals surface area contributed by atoms with Crippen LogP contribution in [-0.2, 0) is 25.7 Å². The molecule has 8 nitrogen and oxygen atoms in total. The monoisotopic (exact) mass is 555 g/mol. The van der Waals surface area contributed by atoms with E-state index in [4.69, 9.17) is 4.74 Å². The Morgan fingerprint density at radius 1 is 0.951 bits per heavy atom. The predicted octanol–water partition coefficient (Wildman–Crippen LogP) is 3.16. The van der Waals surface area contributed by atoms with Crippen LogP contribution in [0.15, 0.2) is 72.8 Å². The van der Waals surface area contributed by atoms with Gasteiger partial charge in [-0.25, -0.2) is 0 Å². The van der Waals surface area contributed by atoms with Crippen LogP contribution in [0.3, 0.4) is 0 Å². The Morgan fingerprint density at radius 2 is 1.68 bits per heavy atom. The van der Waals surface area contributed by atoms with E-state index in [2.05, 4.69) is 0 Å². The van der Waals surface area contributed by atoms with Crippen molar-refractivity contribution in [1.29, 1.82) is 0 Å². The third kappa shape index (κ3) is 4.23. The Balaban J connectivity index is 1.44. The molecule has 2 aromatic carbocycles. The molecule has 3 amide bonds. The van der Waals surface area contributed by atoms with Gasteiger partial charge in [0.05, 0.1) is 30.6 Å². The zero-order valence-electron chi connectivity index (χ0n) is 23.8. The maximum absolute atomic E-state index is 14.6. The summed E-state index contributed by atoms with van der Waals surface area (Å²) in [6.45, 7) is 6.68. The Bertz CT molecular complexity index is 1400. The first-order valence-corrected chi connectivity index (χ1v) is 14.5. The summed E-state index contributed by atoms with van der Waals surface area (Å²) in [6, 6.07) is 14.1. The molecule has 0 saturated carbocycles. The molecule has 2 aromatic rings. The van der Waals surface area contributed by atoms with Crippen molar-refractivity contribution < 1.29 is 24.2 Å². The first-order chi connectivity index (χ1) is 19.8. The molecule has 8 heteroatoms. The normalized spacial score (nSPS) is 29.8. The highest BCUT2D eigenvalue weighted by molar-refractivity contribution is 6.06. The van der Waals surface area contributed by atoms with Crippen LogP contribution in [-0.4, -0.2) is 76.1 Å². The number of ether oxygens (including phenoxy) is 1. The highest BCUT2D eigenvalue weighted by Crippen LogP contribution is 2.54. The number of nitrogens with zero attached hydrogens (tertiary/aromatic N) is 3. The predicted molar refractivity (Wildman–Crippen MR) is 155 cm³/mol. The standard InChI is InChI=1S/C33H37N3O5/c1-4-24(20-37)36-29-32(40)35(28-21(2)11-8-12-22(28)3)18-10-16-33(29)27(31(36)39)26-25(41-33)15-9-17-34(30(26)38)19-23-13-6-5-7-14-23/h5-16,24-27,29,37H,4,17-20H2,1-3H3/t24-,25-,26+,27-,29?,33-/m0/s1. The minimum Gasteiger partial charge on any atom is -0.394 e. The topological polar surface area (TPSA) is 90.4 Å². The van der Waals surface area contributed by atoms with Crippen molar-refractivity contribution in [2.45, 2.75) is 57.5 Å². The van der Waals surface area contributed by atoms with Gasteiger partial charge < -0.3 is 24.5 Å². The molecule has 41 heavy (non-hydrogen) atoms. The Hall–Kier alpha value is -3.75. The first-order valence-electron chi connectivity index (χ1n) is 14.5. The molecule has 2 saturated heterocycles. The van der Waals surface area contributed by atoms with Gasteiger partial charge in [0.25, 0.3) is 5.91 Å². The van der Waals surface area contributed by atoms with Crippen molar-refractivity contribution in [2.24, 2.45) is 11.8 Å². The SMILES string of the molecule is CC[C@@H](CO)N1C(=O)[C@@H]2[C@@H]3C(=O)N(Cc4ccccc4)CC=C[C@@H]3O[C@@]23C=CCN(c2c(C)cccc2C)C(=O)C13. The largest absolute Gasteiger partial charge is 0.394 e. The summed E-state index contributed by atoms with van der Waals surface area (Å²) >= 11 is 0. The number of hydrogen-bond acceptors (Lipinski definition) is 5. The quantitative estimate of drug-likeness (QED) is 0.553. The number of aliphatic hydroxyl groups is 1. The minimum atomic E-state index is -1.33. The molecule has 0 aromatic heterocycles. The maximum Gasteiger partial charge on any atom is 0.253 e. The fraction of sp³-hybridized carbons (Fsp3) is 0.424. The molecular formula is C33H37N3O5. The van der Waals surface area contributed by atoms with Gasteiger partial charge in [-0.2, -0.15) is 0 Å². The van der Waals surface area contributed by atoms with E-state index in [0.717, 1.165) is 22.4 Å². The number of likely N-dealkylation sites (tertiary alicyclic amines) is 1. The van der Waals surface area contributed by atoms with E-state index in [1.807, 2.05) is 93.6 Å². The number of hydrogen-bond donors (Lipinski definition) is 1. The number of carbonyl (C=O) groups is 3. The average Bonchev–Trinajstić information content (AvgIpc) is 3.29. The Kier molecular flexibility index (Phi) is 7.08. The van der Waals surface area contributed by atoms with Gasteiger partial charge in [0.1, 0.15) is 11.6 Å². The molecular weight excluding hydrogens is 518 g/mol. The zero-order chi connectivity index (χ0) is 28.9. The fourth-order valence-corrected chi connectivity index (χ4v) is 7.31. The van der Waals surface area contributed by atoms with Crippen molar-refractivity contribution in [1.82, 2.24) is 9.80 Å². The molecule has 6 atom stereocenters. The smallest absolute Gasteiger partial charge is 0.253 e. The van der Waals surface area contributed by atoms with E-state index in [-0.39, 0.29) is 24.3 Å². The van der Waals surface area contributed by atoms with Crippen LogP contribution < -0.4 is 4.90 Å². The van der Waals surface area contributed by atoms with E-state index in [1.54, 1.807) is 9.80 Å². The molecule has 0 bridgehead atoms. The second kappa shape index (κ2) is 10.6. The van der Waals surface area contributed by atoms with E-state index in [1.165, 1.54) is 4.90 Å². The molecule has 0 radical (unpaired) electrons. The van der Waals surface area contributed by atoms with Crippen molar-refractivity contribution in [3.05, 3.63) is 89.5 Å². The highest BCUT2D eigenvalue weighted by Gasteiger charge is 2.72. The lowest BCUT2D eigenvalue weighted by Gasteiger charge is -2.38. The summed E-state index contributed by atoms with van der Waals surface area (Å²) in [4.78, 5) is 48.3. The summed E-state index contributed by atoms with van der Waals surface area (Å²) in [6.07, 6.45) is 7.38. The summed E-state index contributed by atoms with van der Waals surface area (Å²) in [5.41, 5.74) is 2.39. The number of anilines is 1. The van der Waals surface area contributed by atoms with Crippen molar-refractivity contribution in [2.75, 3.05) is 24.6 Å². The molecule has 1 unspecified atom stereocenters. The lowest BCUT2D eigenvalue weighted by Crippen LogP contribution is -2.58. The van der Waals surface area contributed by atoms with Crippen molar-refractivity contribution in [3.63, 3.8) is 0 Å². The van der Waals surface area contributed by atoms with Gasteiger partial charge in [-0.3, -0.25) is 14.4 Å². The fourth-order valence-electron chi connectivity index (χ4n) is 7.31. The van der Waals surface area contributed by atoms with Crippen LogP contribution in [0.2, 0.25) is 0 Å². The Labute approximate surface area is 240 Å². The third-order valence-corrected chi connectivity index (χ3v) is 9.18. The van der Waals surface area contributed by atoms with Gasteiger partial charge >= 0.3 is 0 Å². The number of fused-ring (bicyclic) bond motifs is 2. The molecule has 1 N–H and O–H groups in total. The second-order valence-corrected chi connectivity index (χ2v) is 11.6. The van der Waals surface area contributed by atoms with Crippen LogP contribution in [0.4, 0.5) is 5.69 Å². The van der Waals surface area contributed by atoms with Gasteiger partial charge in [-0.15, -0.1) is 0 Å². The van der Waals surface area contributed by atoms with E-state index >= 15 is 0 Å². The molecule has 0 aliphatic carbocycles. The summed E-state index contributed by atoms with van der Waals surface area (Å²) in [5, 5.41) is 10.4. The highest BCUT2D eigenvalue weighted by atomic mass is 16.5. The molecule has 4 heterocycles. The summed E-state index contributed by atoms with van der Waals surface area (Å²) in [5.74, 6) is -2.40. The molecule has 1 spiro atoms. The number of amides is 3. The number of aliphatic hydroxyl groups excluding tert-OH is 1. The molecule has 6 rings (SSSR count).